The number of carbonyl (C=O) groups excluding carboxylic acids is 2. The number of hydrazine groups is 1. The molecule has 1 aliphatic heterocycles. The molecule has 0 atom stereocenters. The number of hydrogen-bond acceptors (Lipinski definition) is 8. The minimum atomic E-state index is -0.132. The number of hydrogen-bond donors (Lipinski definition) is 0. The normalized spacial score (nSPS) is 14.1. The van der Waals surface area contributed by atoms with Gasteiger partial charge >= 0.3 is 11.9 Å². The van der Waals surface area contributed by atoms with E-state index in [1.165, 1.54) is 89.9 Å². The van der Waals surface area contributed by atoms with Crippen LogP contribution in [0.2, 0.25) is 0 Å². The lowest BCUT2D eigenvalue weighted by atomic mass is 10.1. The summed E-state index contributed by atoms with van der Waals surface area (Å²) in [5.41, 5.74) is 0. The first-order chi connectivity index (χ1) is 17.7. The minimum absolute atomic E-state index is 0.132. The van der Waals surface area contributed by atoms with Crippen molar-refractivity contribution in [2.75, 3.05) is 26.3 Å². The molecule has 0 aromatic carbocycles. The summed E-state index contributed by atoms with van der Waals surface area (Å²) in [6, 6.07) is 0. The van der Waals surface area contributed by atoms with Gasteiger partial charge in [-0.1, -0.05) is 117 Å². The van der Waals surface area contributed by atoms with Crippen molar-refractivity contribution in [1.29, 1.82) is 0 Å². The fourth-order valence-electron chi connectivity index (χ4n) is 4.14. The van der Waals surface area contributed by atoms with Gasteiger partial charge in [-0.3, -0.25) is 9.59 Å². The third kappa shape index (κ3) is 19.6. The molecule has 0 aromatic heterocycles. The Morgan fingerprint density at radius 1 is 0.500 bits per heavy atom. The Bertz CT molecular complexity index is 494. The van der Waals surface area contributed by atoms with Crippen molar-refractivity contribution in [3.8, 4) is 0 Å². The first kappa shape index (κ1) is 33.6. The lowest BCUT2D eigenvalue weighted by Gasteiger charge is -2.39. The molecule has 0 unspecified atom stereocenters. The monoisotopic (exact) mass is 546 g/mol. The van der Waals surface area contributed by atoms with E-state index in [0.717, 1.165) is 25.7 Å². The van der Waals surface area contributed by atoms with Crippen molar-refractivity contribution in [1.82, 2.24) is 8.83 Å². The van der Waals surface area contributed by atoms with E-state index in [4.69, 9.17) is 9.47 Å². The van der Waals surface area contributed by atoms with Crippen LogP contribution < -0.4 is 0 Å². The van der Waals surface area contributed by atoms with E-state index in [1.54, 1.807) is 22.0 Å². The first-order valence-corrected chi connectivity index (χ1v) is 16.9. The van der Waals surface area contributed by atoms with Gasteiger partial charge in [0.1, 0.15) is 0 Å². The zero-order valence-corrected chi connectivity index (χ0v) is 24.9. The maximum Gasteiger partial charge on any atom is 0.307 e. The molecule has 0 N–H and O–H groups in total. The fourth-order valence-corrected chi connectivity index (χ4v) is 6.10. The third-order valence-electron chi connectivity index (χ3n) is 6.49. The molecule has 0 radical (unpaired) electrons. The number of rotatable bonds is 26. The Kier molecular flexibility index (Phi) is 23.2. The highest BCUT2D eigenvalue weighted by molar-refractivity contribution is 8.77. The third-order valence-corrected chi connectivity index (χ3v) is 9.00. The summed E-state index contributed by atoms with van der Waals surface area (Å²) < 4.78 is 14.8. The zero-order chi connectivity index (χ0) is 26.1. The Balaban J connectivity index is 1.90. The van der Waals surface area contributed by atoms with Gasteiger partial charge in [0, 0.05) is 35.0 Å². The van der Waals surface area contributed by atoms with Crippen molar-refractivity contribution in [2.45, 2.75) is 142 Å². The van der Waals surface area contributed by atoms with Crippen LogP contribution in [0.3, 0.4) is 0 Å². The zero-order valence-electron chi connectivity index (χ0n) is 23.3. The topological polar surface area (TPSA) is 59.1 Å². The predicted octanol–water partition coefficient (Wildman–Crippen LogP) is 8.66. The summed E-state index contributed by atoms with van der Waals surface area (Å²) in [5, 5.41) is 0. The van der Waals surface area contributed by atoms with Gasteiger partial charge in [0.2, 0.25) is 0 Å². The predicted molar refractivity (Wildman–Crippen MR) is 154 cm³/mol. The molecule has 1 heterocycles. The molecular formula is C28H54N2O4S2. The number of carbonyl (C=O) groups is 2. The number of nitrogens with zero attached hydrogens (tertiary/aromatic N) is 2. The number of esters is 2. The van der Waals surface area contributed by atoms with E-state index in [2.05, 4.69) is 13.8 Å². The van der Waals surface area contributed by atoms with Gasteiger partial charge in [-0.15, -0.1) is 0 Å². The Morgan fingerprint density at radius 2 is 0.806 bits per heavy atom. The molecule has 1 saturated heterocycles. The maximum absolute atomic E-state index is 12.0. The SMILES string of the molecule is CCCCCCCCCCCOC(=O)CCN1SSN1CCC(=O)OCCCCCCCCCCC. The standard InChI is InChI=1S/C28H54N2O4S2/c1-3-5-7-9-11-13-15-17-19-25-33-27(31)21-23-29-30(36-35-29)24-22-28(32)34-26-20-18-16-14-12-10-8-6-4-2/h3-26H2,1-2H3. The van der Waals surface area contributed by atoms with Crippen LogP contribution in [0.5, 0.6) is 0 Å². The molecule has 0 amide bonds. The molecule has 0 aliphatic carbocycles. The van der Waals surface area contributed by atoms with Crippen LogP contribution in [0.15, 0.2) is 0 Å². The van der Waals surface area contributed by atoms with Gasteiger partial charge in [-0.2, -0.15) is 8.83 Å². The van der Waals surface area contributed by atoms with Gasteiger partial charge in [-0.05, 0) is 12.8 Å². The van der Waals surface area contributed by atoms with Crippen LogP contribution in [-0.2, 0) is 19.1 Å². The lowest BCUT2D eigenvalue weighted by molar-refractivity contribution is -0.145. The summed E-state index contributed by atoms with van der Waals surface area (Å²) in [4.78, 5) is 24.0. The van der Waals surface area contributed by atoms with E-state index in [9.17, 15) is 9.59 Å². The summed E-state index contributed by atoms with van der Waals surface area (Å²) in [7, 11) is 3.20. The Morgan fingerprint density at radius 3 is 1.11 bits per heavy atom. The fraction of sp³-hybridized carbons (Fsp3) is 0.929. The van der Waals surface area contributed by atoms with E-state index in [1.807, 2.05) is 8.83 Å². The molecule has 1 fully saturated rings. The molecule has 36 heavy (non-hydrogen) atoms. The molecule has 0 aromatic rings. The van der Waals surface area contributed by atoms with E-state index in [0.29, 0.717) is 39.1 Å². The largest absolute Gasteiger partial charge is 0.466 e. The average Bonchev–Trinajstić information content (AvgIpc) is 2.85. The highest BCUT2D eigenvalue weighted by Gasteiger charge is 2.29. The Labute approximate surface area is 230 Å². The minimum Gasteiger partial charge on any atom is -0.466 e. The van der Waals surface area contributed by atoms with Crippen molar-refractivity contribution >= 4 is 33.9 Å². The highest BCUT2D eigenvalue weighted by Crippen LogP contribution is 2.44. The van der Waals surface area contributed by atoms with Crippen LogP contribution >= 0.6 is 22.0 Å². The molecule has 0 spiro atoms. The Hall–Kier alpha value is -0.440. The molecule has 6 nitrogen and oxygen atoms in total. The molecular weight excluding hydrogens is 492 g/mol. The second-order valence-corrected chi connectivity index (χ2v) is 11.9. The van der Waals surface area contributed by atoms with E-state index < -0.39 is 0 Å². The van der Waals surface area contributed by atoms with Crippen LogP contribution in [0.4, 0.5) is 0 Å². The van der Waals surface area contributed by atoms with Crippen molar-refractivity contribution in [3.05, 3.63) is 0 Å². The lowest BCUT2D eigenvalue weighted by Crippen LogP contribution is -2.41. The average molecular weight is 547 g/mol. The quantitative estimate of drug-likeness (QED) is 0.0462. The second-order valence-electron chi connectivity index (χ2n) is 9.90. The summed E-state index contributed by atoms with van der Waals surface area (Å²) >= 11 is 0. The first-order valence-electron chi connectivity index (χ1n) is 14.9. The molecule has 0 bridgehead atoms. The molecule has 1 aliphatic rings. The molecule has 0 saturated carbocycles. The van der Waals surface area contributed by atoms with Gasteiger partial charge in [-0.25, -0.2) is 0 Å². The van der Waals surface area contributed by atoms with Crippen LogP contribution in [0.1, 0.15) is 142 Å². The summed E-state index contributed by atoms with van der Waals surface area (Å²) in [5.74, 6) is -0.264. The summed E-state index contributed by atoms with van der Waals surface area (Å²) in [6.07, 6.45) is 23.4. The van der Waals surface area contributed by atoms with Crippen molar-refractivity contribution < 1.29 is 19.1 Å². The second kappa shape index (κ2) is 24.9. The smallest absolute Gasteiger partial charge is 0.307 e. The molecule has 8 heteroatoms. The van der Waals surface area contributed by atoms with Crippen LogP contribution in [0.25, 0.3) is 0 Å². The van der Waals surface area contributed by atoms with Gasteiger partial charge in [0.25, 0.3) is 0 Å². The molecule has 212 valence electrons. The van der Waals surface area contributed by atoms with Crippen molar-refractivity contribution in [2.24, 2.45) is 0 Å². The van der Waals surface area contributed by atoms with E-state index in [-0.39, 0.29) is 11.9 Å². The highest BCUT2D eigenvalue weighted by atomic mass is 33.1. The van der Waals surface area contributed by atoms with Gasteiger partial charge in [0.05, 0.1) is 26.1 Å². The molecule has 1 rings (SSSR count). The van der Waals surface area contributed by atoms with E-state index >= 15 is 0 Å². The van der Waals surface area contributed by atoms with Crippen LogP contribution in [0, 0.1) is 0 Å². The van der Waals surface area contributed by atoms with Gasteiger partial charge < -0.3 is 9.47 Å². The van der Waals surface area contributed by atoms with Crippen molar-refractivity contribution in [3.63, 3.8) is 0 Å². The van der Waals surface area contributed by atoms with Gasteiger partial charge in [0.15, 0.2) is 0 Å². The number of ether oxygens (including phenoxy) is 2. The summed E-state index contributed by atoms with van der Waals surface area (Å²) in [6.45, 7) is 6.79. The van der Waals surface area contributed by atoms with Crippen LogP contribution in [-0.4, -0.2) is 47.1 Å². The maximum atomic E-state index is 12.0. The number of unbranched alkanes of at least 4 members (excludes halogenated alkanes) is 16.